The molecule has 0 saturated carbocycles. The first-order valence-corrected chi connectivity index (χ1v) is 15.3. The maximum Gasteiger partial charge on any atom is 0.0360 e. The van der Waals surface area contributed by atoms with Crippen LogP contribution < -0.4 is 0 Å². The van der Waals surface area contributed by atoms with E-state index in [4.69, 9.17) is 0 Å². The summed E-state index contributed by atoms with van der Waals surface area (Å²) in [5.41, 5.74) is 1.56. The zero-order valence-electron chi connectivity index (χ0n) is 27.1. The second-order valence-corrected chi connectivity index (χ2v) is 13.7. The van der Waals surface area contributed by atoms with Gasteiger partial charge in [0.25, 0.3) is 0 Å². The van der Waals surface area contributed by atoms with Gasteiger partial charge < -0.3 is 0 Å². The maximum absolute atomic E-state index is 2.72. The van der Waals surface area contributed by atoms with Crippen LogP contribution in [-0.4, -0.2) is 69.6 Å². The smallest absolute Gasteiger partial charge is 0.0360 e. The molecule has 0 aromatic rings. The molecule has 36 heavy (non-hydrogen) atoms. The lowest BCUT2D eigenvalue weighted by atomic mass is 9.63. The average Bonchev–Trinajstić information content (AvgIpc) is 2.84. The molecule has 0 aromatic carbocycles. The van der Waals surface area contributed by atoms with E-state index in [9.17, 15) is 0 Å². The second-order valence-electron chi connectivity index (χ2n) is 13.7. The fourth-order valence-corrected chi connectivity index (χ4v) is 7.68. The highest BCUT2D eigenvalue weighted by atomic mass is 15.4. The number of piperazine rings is 1. The zero-order valence-corrected chi connectivity index (χ0v) is 27.1. The summed E-state index contributed by atoms with van der Waals surface area (Å²) in [4.78, 5) is 8.07. The van der Waals surface area contributed by atoms with Crippen molar-refractivity contribution < 1.29 is 0 Å². The summed E-state index contributed by atoms with van der Waals surface area (Å²) in [6, 6.07) is 0. The number of likely N-dealkylation sites (N-methyl/N-ethyl adjacent to an activating group) is 1. The fraction of sp³-hybridized carbons (Fsp3) is 1.00. The highest BCUT2D eigenvalue weighted by molar-refractivity contribution is 5.13. The van der Waals surface area contributed by atoms with Crippen molar-refractivity contribution in [3.05, 3.63) is 0 Å². The minimum absolute atomic E-state index is 0. The molecule has 2 saturated heterocycles. The normalized spacial score (nSPS) is 39.8. The van der Waals surface area contributed by atoms with Gasteiger partial charge in [0.15, 0.2) is 0 Å². The number of likely N-dealkylation sites (tertiary alicyclic amines) is 1. The quantitative estimate of drug-likeness (QED) is 0.323. The van der Waals surface area contributed by atoms with Crippen LogP contribution in [0.15, 0.2) is 0 Å². The molecule has 6 atom stereocenters. The Morgan fingerprint density at radius 2 is 1.22 bits per heavy atom. The van der Waals surface area contributed by atoms with E-state index in [1.807, 2.05) is 0 Å². The van der Waals surface area contributed by atoms with Gasteiger partial charge in [-0.15, -0.1) is 0 Å². The van der Waals surface area contributed by atoms with Crippen LogP contribution in [0.5, 0.6) is 0 Å². The van der Waals surface area contributed by atoms with Crippen molar-refractivity contribution in [3.8, 4) is 0 Å². The molecule has 2 rings (SSSR count). The van der Waals surface area contributed by atoms with E-state index in [-0.39, 0.29) is 18.5 Å². The van der Waals surface area contributed by atoms with E-state index in [0.29, 0.717) is 16.6 Å². The van der Waals surface area contributed by atoms with Crippen molar-refractivity contribution in [2.75, 3.05) is 27.2 Å². The van der Waals surface area contributed by atoms with Gasteiger partial charge in [-0.1, -0.05) is 68.7 Å². The SMILES string of the molecule is C.CCCC1CC(C)(CC)N(C)C(C)(CC)C1C.CCCN1CC(C)(CC)N(C)C(C)(CC)C1(C)C. The molecule has 6 unspecified atom stereocenters. The molecular formula is C33H71N3. The molecular weight excluding hydrogens is 438 g/mol. The second kappa shape index (κ2) is 13.3. The predicted octanol–water partition coefficient (Wildman–Crippen LogP) is 9.11. The van der Waals surface area contributed by atoms with E-state index < -0.39 is 0 Å². The van der Waals surface area contributed by atoms with Crippen LogP contribution in [0.3, 0.4) is 0 Å². The standard InChI is InChI=1S/C16H34N2.C16H33N.CH4/c1-9-12-18-13-15(6,10-2)17(8)16(7,11-3)14(18,4)5;1-8-11-14-12-15(5,9-2)17(7)16(6,10-3)13(14)4;/h9-13H2,1-8H3;13-14H,8-12H2,1-7H3;1H4. The van der Waals surface area contributed by atoms with Crippen molar-refractivity contribution in [3.63, 3.8) is 0 Å². The van der Waals surface area contributed by atoms with Gasteiger partial charge in [-0.05, 0) is 113 Å². The summed E-state index contributed by atoms with van der Waals surface area (Å²) < 4.78 is 0. The number of hydrogen-bond donors (Lipinski definition) is 0. The topological polar surface area (TPSA) is 9.72 Å². The summed E-state index contributed by atoms with van der Waals surface area (Å²) in [6.45, 7) is 33.6. The van der Waals surface area contributed by atoms with E-state index in [1.165, 1.54) is 64.5 Å². The molecule has 2 heterocycles. The van der Waals surface area contributed by atoms with Gasteiger partial charge in [0.2, 0.25) is 0 Å². The van der Waals surface area contributed by atoms with Gasteiger partial charge in [0.1, 0.15) is 0 Å². The third-order valence-corrected chi connectivity index (χ3v) is 12.2. The van der Waals surface area contributed by atoms with Gasteiger partial charge in [-0.2, -0.15) is 0 Å². The number of rotatable bonds is 8. The van der Waals surface area contributed by atoms with Gasteiger partial charge in [0.05, 0.1) is 0 Å². The maximum atomic E-state index is 2.72. The summed E-state index contributed by atoms with van der Waals surface area (Å²) in [5, 5.41) is 0. The van der Waals surface area contributed by atoms with Crippen molar-refractivity contribution in [1.29, 1.82) is 0 Å². The highest BCUT2D eigenvalue weighted by Crippen LogP contribution is 2.48. The van der Waals surface area contributed by atoms with Crippen LogP contribution in [0, 0.1) is 11.8 Å². The Morgan fingerprint density at radius 1 is 0.694 bits per heavy atom. The first kappa shape index (κ1) is 35.9. The molecule has 0 amide bonds. The van der Waals surface area contributed by atoms with Gasteiger partial charge in [-0.3, -0.25) is 14.7 Å². The van der Waals surface area contributed by atoms with Crippen LogP contribution in [0.1, 0.15) is 149 Å². The molecule has 2 aliphatic rings. The summed E-state index contributed by atoms with van der Waals surface area (Å²) in [7, 11) is 4.68. The van der Waals surface area contributed by atoms with Crippen LogP contribution in [0.4, 0.5) is 0 Å². The fourth-order valence-electron chi connectivity index (χ4n) is 7.68. The minimum atomic E-state index is 0. The molecule has 0 radical (unpaired) electrons. The van der Waals surface area contributed by atoms with Gasteiger partial charge >= 0.3 is 0 Å². The van der Waals surface area contributed by atoms with Crippen molar-refractivity contribution >= 4 is 0 Å². The largest absolute Gasteiger partial charge is 0.295 e. The molecule has 2 fully saturated rings. The zero-order chi connectivity index (χ0) is 27.5. The molecule has 218 valence electrons. The lowest BCUT2D eigenvalue weighted by Crippen LogP contribution is -2.77. The van der Waals surface area contributed by atoms with Crippen molar-refractivity contribution in [2.45, 2.75) is 176 Å². The van der Waals surface area contributed by atoms with E-state index in [2.05, 4.69) is 119 Å². The molecule has 0 N–H and O–H groups in total. The first-order valence-electron chi connectivity index (χ1n) is 15.3. The number of hydrogen-bond acceptors (Lipinski definition) is 3. The summed E-state index contributed by atoms with van der Waals surface area (Å²) >= 11 is 0. The Morgan fingerprint density at radius 3 is 1.61 bits per heavy atom. The predicted molar refractivity (Wildman–Crippen MR) is 165 cm³/mol. The Kier molecular flexibility index (Phi) is 13.2. The number of nitrogens with zero attached hydrogens (tertiary/aromatic N) is 3. The molecule has 2 aliphatic heterocycles. The van der Waals surface area contributed by atoms with E-state index in [1.54, 1.807) is 0 Å². The summed E-state index contributed by atoms with van der Waals surface area (Å²) in [5.74, 6) is 1.73. The average molecular weight is 510 g/mol. The Labute approximate surface area is 230 Å². The minimum Gasteiger partial charge on any atom is -0.295 e. The van der Waals surface area contributed by atoms with Crippen molar-refractivity contribution in [1.82, 2.24) is 14.7 Å². The molecule has 0 bridgehead atoms. The Balaban J connectivity index is 0.000000663. The summed E-state index contributed by atoms with van der Waals surface area (Å²) in [6.07, 6.45) is 10.3. The van der Waals surface area contributed by atoms with Crippen molar-refractivity contribution in [2.24, 2.45) is 11.8 Å². The third kappa shape index (κ3) is 6.20. The number of piperidine rings is 1. The molecule has 0 aliphatic carbocycles. The van der Waals surface area contributed by atoms with E-state index >= 15 is 0 Å². The third-order valence-electron chi connectivity index (χ3n) is 12.2. The molecule has 3 nitrogen and oxygen atoms in total. The lowest BCUT2D eigenvalue weighted by molar-refractivity contribution is -0.149. The Hall–Kier alpha value is -0.120. The van der Waals surface area contributed by atoms with Crippen LogP contribution >= 0.6 is 0 Å². The van der Waals surface area contributed by atoms with Crippen LogP contribution in [0.2, 0.25) is 0 Å². The molecule has 0 spiro atoms. The first-order chi connectivity index (χ1) is 16.0. The molecule has 0 aromatic heterocycles. The van der Waals surface area contributed by atoms with Gasteiger partial charge in [0, 0.05) is 34.2 Å². The van der Waals surface area contributed by atoms with Gasteiger partial charge in [-0.25, -0.2) is 0 Å². The van der Waals surface area contributed by atoms with Crippen LogP contribution in [0.25, 0.3) is 0 Å². The highest BCUT2D eigenvalue weighted by Gasteiger charge is 2.55. The lowest BCUT2D eigenvalue weighted by Gasteiger charge is -2.66. The Bertz CT molecular complexity index is 647. The molecule has 3 heteroatoms. The van der Waals surface area contributed by atoms with E-state index in [0.717, 1.165) is 11.8 Å². The van der Waals surface area contributed by atoms with Crippen LogP contribution in [-0.2, 0) is 0 Å². The monoisotopic (exact) mass is 510 g/mol.